The lowest BCUT2D eigenvalue weighted by atomic mass is 10.0. The average Bonchev–Trinajstić information content (AvgIpc) is 2.13. The minimum atomic E-state index is 0.424. The van der Waals surface area contributed by atoms with Crippen LogP contribution < -0.4 is 0 Å². The van der Waals surface area contributed by atoms with E-state index in [1.165, 1.54) is 37.0 Å². The van der Waals surface area contributed by atoms with Gasteiger partial charge in [0.05, 0.1) is 32.8 Å². The molecule has 0 bridgehead atoms. The second-order valence-electron chi connectivity index (χ2n) is 5.11. The summed E-state index contributed by atoms with van der Waals surface area (Å²) >= 11 is 0. The molecule has 0 saturated carbocycles. The van der Waals surface area contributed by atoms with Crippen LogP contribution in [0.1, 0.15) is 33.6 Å². The predicted octanol–water partition coefficient (Wildman–Crippen LogP) is 2.29. The SMILES string of the molecule is CCC(C)C(C)OCC[N+]1(C)CCC1. The Morgan fingerprint density at radius 3 is 2.36 bits per heavy atom. The number of quaternary nitrogens is 1. The highest BCUT2D eigenvalue weighted by Crippen LogP contribution is 2.16. The predicted molar refractivity (Wildman–Crippen MR) is 60.3 cm³/mol. The van der Waals surface area contributed by atoms with Crippen molar-refractivity contribution in [3.05, 3.63) is 0 Å². The van der Waals surface area contributed by atoms with Gasteiger partial charge in [-0.25, -0.2) is 0 Å². The smallest absolute Gasteiger partial charge is 0.102 e. The van der Waals surface area contributed by atoms with Crippen LogP contribution in [0.25, 0.3) is 0 Å². The van der Waals surface area contributed by atoms with Crippen LogP contribution >= 0.6 is 0 Å². The zero-order chi connectivity index (χ0) is 10.6. The Morgan fingerprint density at radius 1 is 1.29 bits per heavy atom. The van der Waals surface area contributed by atoms with Gasteiger partial charge < -0.3 is 9.22 Å². The lowest BCUT2D eigenvalue weighted by molar-refractivity contribution is -0.946. The topological polar surface area (TPSA) is 9.23 Å². The fourth-order valence-electron chi connectivity index (χ4n) is 1.88. The van der Waals surface area contributed by atoms with E-state index in [-0.39, 0.29) is 0 Å². The molecule has 1 aliphatic rings. The van der Waals surface area contributed by atoms with E-state index >= 15 is 0 Å². The third-order valence-corrected chi connectivity index (χ3v) is 3.85. The molecule has 1 heterocycles. The first-order valence-corrected chi connectivity index (χ1v) is 6.02. The van der Waals surface area contributed by atoms with Gasteiger partial charge in [0.2, 0.25) is 0 Å². The Labute approximate surface area is 88.8 Å². The molecular weight excluding hydrogens is 174 g/mol. The number of nitrogens with zero attached hydrogens (tertiary/aromatic N) is 1. The third kappa shape index (κ3) is 3.25. The summed E-state index contributed by atoms with van der Waals surface area (Å²) in [5.41, 5.74) is 0. The molecule has 84 valence electrons. The highest BCUT2D eigenvalue weighted by molar-refractivity contribution is 4.59. The van der Waals surface area contributed by atoms with Gasteiger partial charge >= 0.3 is 0 Å². The first-order valence-electron chi connectivity index (χ1n) is 6.02. The van der Waals surface area contributed by atoms with Gasteiger partial charge in [-0.3, -0.25) is 0 Å². The van der Waals surface area contributed by atoms with Gasteiger partial charge in [-0.2, -0.15) is 0 Å². The molecule has 0 aromatic rings. The first-order chi connectivity index (χ1) is 6.57. The Morgan fingerprint density at radius 2 is 1.93 bits per heavy atom. The van der Waals surface area contributed by atoms with Gasteiger partial charge in [-0.1, -0.05) is 20.3 Å². The summed E-state index contributed by atoms with van der Waals surface area (Å²) in [4.78, 5) is 0. The van der Waals surface area contributed by atoms with E-state index in [0.717, 1.165) is 6.61 Å². The second-order valence-corrected chi connectivity index (χ2v) is 5.11. The molecule has 0 radical (unpaired) electrons. The van der Waals surface area contributed by atoms with Crippen molar-refractivity contribution in [2.75, 3.05) is 33.3 Å². The maximum atomic E-state index is 5.85. The maximum Gasteiger partial charge on any atom is 0.102 e. The van der Waals surface area contributed by atoms with E-state index < -0.39 is 0 Å². The molecule has 0 aliphatic carbocycles. The lowest BCUT2D eigenvalue weighted by Crippen LogP contribution is -2.56. The van der Waals surface area contributed by atoms with Crippen LogP contribution in [-0.2, 0) is 4.74 Å². The van der Waals surface area contributed by atoms with Crippen LogP contribution in [0, 0.1) is 5.92 Å². The fourth-order valence-corrected chi connectivity index (χ4v) is 1.88. The number of hydrogen-bond acceptors (Lipinski definition) is 1. The van der Waals surface area contributed by atoms with Crippen LogP contribution in [0.3, 0.4) is 0 Å². The standard InChI is InChI=1S/C12H26NO/c1-5-11(2)12(3)14-10-9-13(4)7-6-8-13/h11-12H,5-10H2,1-4H3/q+1. The summed E-state index contributed by atoms with van der Waals surface area (Å²) < 4.78 is 7.08. The van der Waals surface area contributed by atoms with Crippen molar-refractivity contribution in [1.82, 2.24) is 0 Å². The Hall–Kier alpha value is -0.0800. The van der Waals surface area contributed by atoms with Crippen LogP contribution in [-0.4, -0.2) is 43.9 Å². The van der Waals surface area contributed by atoms with E-state index in [1.54, 1.807) is 0 Å². The average molecular weight is 200 g/mol. The van der Waals surface area contributed by atoms with E-state index in [2.05, 4.69) is 27.8 Å². The Balaban J connectivity index is 2.08. The van der Waals surface area contributed by atoms with Gasteiger partial charge in [0.25, 0.3) is 0 Å². The molecule has 0 spiro atoms. The molecule has 1 saturated heterocycles. The molecule has 0 N–H and O–H groups in total. The number of ether oxygens (including phenoxy) is 1. The van der Waals surface area contributed by atoms with E-state index in [4.69, 9.17) is 4.74 Å². The van der Waals surface area contributed by atoms with Crippen LogP contribution in [0.15, 0.2) is 0 Å². The highest BCUT2D eigenvalue weighted by Gasteiger charge is 2.29. The molecule has 2 heteroatoms. The molecular formula is C12H26NO+. The minimum absolute atomic E-state index is 0.424. The quantitative estimate of drug-likeness (QED) is 0.598. The van der Waals surface area contributed by atoms with Crippen molar-refractivity contribution >= 4 is 0 Å². The van der Waals surface area contributed by atoms with Gasteiger partial charge in [0, 0.05) is 6.42 Å². The fraction of sp³-hybridized carbons (Fsp3) is 1.00. The molecule has 2 atom stereocenters. The normalized spacial score (nSPS) is 24.0. The van der Waals surface area contributed by atoms with Gasteiger partial charge in [-0.15, -0.1) is 0 Å². The van der Waals surface area contributed by atoms with Crippen LogP contribution in [0.4, 0.5) is 0 Å². The number of rotatable bonds is 6. The molecule has 2 unspecified atom stereocenters. The molecule has 2 nitrogen and oxygen atoms in total. The van der Waals surface area contributed by atoms with Crippen molar-refractivity contribution in [3.63, 3.8) is 0 Å². The van der Waals surface area contributed by atoms with E-state index in [1.807, 2.05) is 0 Å². The minimum Gasteiger partial charge on any atom is -0.372 e. The monoisotopic (exact) mass is 200 g/mol. The Bertz CT molecular complexity index is 166. The maximum absolute atomic E-state index is 5.85. The van der Waals surface area contributed by atoms with Crippen LogP contribution in [0.5, 0.6) is 0 Å². The van der Waals surface area contributed by atoms with Crippen molar-refractivity contribution in [2.45, 2.75) is 39.7 Å². The number of hydrogen-bond donors (Lipinski definition) is 0. The molecule has 0 amide bonds. The number of likely N-dealkylation sites (N-methyl/N-ethyl adjacent to an activating group) is 1. The highest BCUT2D eigenvalue weighted by atomic mass is 16.5. The summed E-state index contributed by atoms with van der Waals surface area (Å²) in [5, 5.41) is 0. The second kappa shape index (κ2) is 5.13. The number of likely N-dealkylation sites (tertiary alicyclic amines) is 1. The molecule has 1 rings (SSSR count). The summed E-state index contributed by atoms with van der Waals surface area (Å²) in [5.74, 6) is 0.691. The summed E-state index contributed by atoms with van der Waals surface area (Å²) in [6.07, 6.45) is 3.04. The van der Waals surface area contributed by atoms with Crippen molar-refractivity contribution in [2.24, 2.45) is 5.92 Å². The first kappa shape index (κ1) is 12.0. The molecule has 0 aromatic heterocycles. The van der Waals surface area contributed by atoms with Gasteiger partial charge in [0.15, 0.2) is 0 Å². The summed E-state index contributed by atoms with van der Waals surface area (Å²) in [7, 11) is 2.33. The third-order valence-electron chi connectivity index (χ3n) is 3.85. The molecule has 1 fully saturated rings. The molecule has 14 heavy (non-hydrogen) atoms. The Kier molecular flexibility index (Phi) is 4.39. The van der Waals surface area contributed by atoms with Crippen LogP contribution in [0.2, 0.25) is 0 Å². The van der Waals surface area contributed by atoms with Gasteiger partial charge in [0.1, 0.15) is 6.54 Å². The molecule has 0 aromatic carbocycles. The van der Waals surface area contributed by atoms with Gasteiger partial charge in [-0.05, 0) is 12.8 Å². The van der Waals surface area contributed by atoms with E-state index in [0.29, 0.717) is 12.0 Å². The zero-order valence-electron chi connectivity index (χ0n) is 10.3. The summed E-state index contributed by atoms with van der Waals surface area (Å²) in [6, 6.07) is 0. The van der Waals surface area contributed by atoms with E-state index in [9.17, 15) is 0 Å². The van der Waals surface area contributed by atoms with Crippen molar-refractivity contribution < 1.29 is 9.22 Å². The van der Waals surface area contributed by atoms with Crippen molar-refractivity contribution in [3.8, 4) is 0 Å². The van der Waals surface area contributed by atoms with Crippen molar-refractivity contribution in [1.29, 1.82) is 0 Å². The molecule has 1 aliphatic heterocycles. The lowest BCUT2D eigenvalue weighted by Gasteiger charge is -2.42. The largest absolute Gasteiger partial charge is 0.372 e. The zero-order valence-corrected chi connectivity index (χ0v) is 10.3. The summed E-state index contributed by atoms with van der Waals surface area (Å²) in [6.45, 7) is 11.5.